The predicted molar refractivity (Wildman–Crippen MR) is 85.3 cm³/mol. The van der Waals surface area contributed by atoms with Crippen LogP contribution in [0.1, 0.15) is 83.5 Å². The molecule has 0 aliphatic heterocycles. The molecule has 4 aliphatic rings. The smallest absolute Gasteiger partial charge is 0.0318 e. The molecule has 0 saturated heterocycles. The largest absolute Gasteiger partial charge is 0.0530 e. The van der Waals surface area contributed by atoms with Crippen LogP contribution in [0.2, 0.25) is 0 Å². The lowest BCUT2D eigenvalue weighted by atomic mass is 9.57. The van der Waals surface area contributed by atoms with E-state index < -0.39 is 0 Å². The zero-order valence-corrected chi connectivity index (χ0v) is 13.2. The Morgan fingerprint density at radius 2 is 1.15 bits per heavy atom. The fraction of sp³-hybridized carbons (Fsp3) is 0.950. The molecule has 4 saturated carbocycles. The van der Waals surface area contributed by atoms with Crippen LogP contribution in [-0.2, 0) is 0 Å². The van der Waals surface area contributed by atoms with Crippen molar-refractivity contribution in [3.8, 4) is 0 Å². The molecule has 0 heteroatoms. The van der Waals surface area contributed by atoms with Crippen LogP contribution in [0.25, 0.3) is 0 Å². The van der Waals surface area contributed by atoms with Crippen molar-refractivity contribution >= 4 is 0 Å². The van der Waals surface area contributed by atoms with Gasteiger partial charge in [0.25, 0.3) is 0 Å². The quantitative estimate of drug-likeness (QED) is 0.548. The van der Waals surface area contributed by atoms with Gasteiger partial charge >= 0.3 is 0 Å². The van der Waals surface area contributed by atoms with Gasteiger partial charge in [-0.1, -0.05) is 51.4 Å². The van der Waals surface area contributed by atoms with Gasteiger partial charge < -0.3 is 0 Å². The molecule has 0 nitrogen and oxygen atoms in total. The standard InChI is InChI=1S/C20H33/c1-2-8-17-14-18(13-12-15(17)6-1)20-11-5-9-16-7-3-4-10-19(16)20/h14-20H,1-13H2/t15-,16?,17-,18-,19?,20?/m1/s1. The van der Waals surface area contributed by atoms with Gasteiger partial charge in [0, 0.05) is 0 Å². The van der Waals surface area contributed by atoms with Crippen LogP contribution in [0.15, 0.2) is 0 Å². The van der Waals surface area contributed by atoms with Crippen LogP contribution >= 0.6 is 0 Å². The molecule has 4 rings (SSSR count). The van der Waals surface area contributed by atoms with Gasteiger partial charge in [-0.25, -0.2) is 0 Å². The number of hydrogen-bond donors (Lipinski definition) is 0. The Kier molecular flexibility index (Phi) is 4.10. The first-order valence-electron chi connectivity index (χ1n) is 9.77. The molecule has 0 bridgehead atoms. The van der Waals surface area contributed by atoms with Crippen molar-refractivity contribution in [2.24, 2.45) is 35.5 Å². The Hall–Kier alpha value is 0. The summed E-state index contributed by atoms with van der Waals surface area (Å²) in [7, 11) is 0. The van der Waals surface area contributed by atoms with Gasteiger partial charge in [0.15, 0.2) is 0 Å². The van der Waals surface area contributed by atoms with Crippen molar-refractivity contribution in [1.82, 2.24) is 0 Å². The molecule has 0 amide bonds. The molecular weight excluding hydrogens is 240 g/mol. The Balaban J connectivity index is 1.43. The molecule has 6 atom stereocenters. The first-order chi connectivity index (χ1) is 9.92. The molecule has 0 heterocycles. The van der Waals surface area contributed by atoms with E-state index in [1.807, 2.05) is 0 Å². The maximum Gasteiger partial charge on any atom is -0.0318 e. The lowest BCUT2D eigenvalue weighted by Gasteiger charge is -2.48. The minimum absolute atomic E-state index is 1.01. The van der Waals surface area contributed by atoms with Crippen molar-refractivity contribution in [2.45, 2.75) is 83.5 Å². The van der Waals surface area contributed by atoms with Crippen molar-refractivity contribution in [1.29, 1.82) is 0 Å². The van der Waals surface area contributed by atoms with E-state index in [0.717, 1.165) is 35.5 Å². The molecule has 0 aromatic carbocycles. The lowest BCUT2D eigenvalue weighted by molar-refractivity contribution is 0.0470. The molecule has 3 unspecified atom stereocenters. The highest BCUT2D eigenvalue weighted by molar-refractivity contribution is 5.00. The highest BCUT2D eigenvalue weighted by Gasteiger charge is 2.42. The van der Waals surface area contributed by atoms with E-state index in [9.17, 15) is 0 Å². The monoisotopic (exact) mass is 273 g/mol. The van der Waals surface area contributed by atoms with E-state index in [2.05, 4.69) is 6.42 Å². The zero-order chi connectivity index (χ0) is 13.4. The summed E-state index contributed by atoms with van der Waals surface area (Å²) >= 11 is 0. The van der Waals surface area contributed by atoms with E-state index >= 15 is 0 Å². The van der Waals surface area contributed by atoms with Gasteiger partial charge in [0.1, 0.15) is 0 Å². The van der Waals surface area contributed by atoms with Crippen molar-refractivity contribution in [3.05, 3.63) is 6.42 Å². The van der Waals surface area contributed by atoms with Gasteiger partial charge in [0.2, 0.25) is 0 Å². The van der Waals surface area contributed by atoms with Gasteiger partial charge in [-0.2, -0.15) is 0 Å². The first-order valence-corrected chi connectivity index (χ1v) is 9.77. The fourth-order valence-corrected chi connectivity index (χ4v) is 6.54. The summed E-state index contributed by atoms with van der Waals surface area (Å²) in [5.41, 5.74) is 0. The number of rotatable bonds is 1. The van der Waals surface area contributed by atoms with E-state index in [0.29, 0.717) is 0 Å². The third-order valence-electron chi connectivity index (χ3n) is 7.51. The molecule has 20 heavy (non-hydrogen) atoms. The fourth-order valence-electron chi connectivity index (χ4n) is 6.54. The van der Waals surface area contributed by atoms with Crippen molar-refractivity contribution < 1.29 is 0 Å². The average molecular weight is 273 g/mol. The van der Waals surface area contributed by atoms with Gasteiger partial charge in [-0.15, -0.1) is 0 Å². The SMILES string of the molecule is [CH]1[C@H](C2CCCC3CCCCC32)CC[C@H]2CCCC[C@H]12. The molecule has 0 spiro atoms. The molecule has 4 aliphatic carbocycles. The Bertz CT molecular complexity index is 318. The molecule has 4 fully saturated rings. The van der Waals surface area contributed by atoms with E-state index in [-0.39, 0.29) is 0 Å². The van der Waals surface area contributed by atoms with E-state index in [1.54, 1.807) is 51.4 Å². The molecule has 0 aromatic rings. The van der Waals surface area contributed by atoms with Crippen LogP contribution in [-0.4, -0.2) is 0 Å². The van der Waals surface area contributed by atoms with Crippen LogP contribution in [0.5, 0.6) is 0 Å². The maximum absolute atomic E-state index is 2.90. The van der Waals surface area contributed by atoms with Crippen LogP contribution in [0.4, 0.5) is 0 Å². The minimum Gasteiger partial charge on any atom is -0.0530 e. The summed E-state index contributed by atoms with van der Waals surface area (Å²) in [6.45, 7) is 0. The van der Waals surface area contributed by atoms with Crippen LogP contribution in [0.3, 0.4) is 0 Å². The lowest BCUT2D eigenvalue weighted by Crippen LogP contribution is -2.39. The van der Waals surface area contributed by atoms with Crippen molar-refractivity contribution in [2.75, 3.05) is 0 Å². The van der Waals surface area contributed by atoms with E-state index in [1.165, 1.54) is 32.1 Å². The average Bonchev–Trinajstić information content (AvgIpc) is 2.54. The second kappa shape index (κ2) is 6.01. The Labute approximate surface area is 126 Å². The molecule has 0 N–H and O–H groups in total. The van der Waals surface area contributed by atoms with Gasteiger partial charge in [-0.3, -0.25) is 0 Å². The zero-order valence-electron chi connectivity index (χ0n) is 13.2. The third-order valence-corrected chi connectivity index (χ3v) is 7.51. The summed E-state index contributed by atoms with van der Waals surface area (Å²) in [4.78, 5) is 0. The second-order valence-corrected chi connectivity index (χ2v) is 8.45. The summed E-state index contributed by atoms with van der Waals surface area (Å²) in [6, 6.07) is 0. The predicted octanol–water partition coefficient (Wildman–Crippen LogP) is 6.01. The normalized spacial score (nSPS) is 49.2. The Morgan fingerprint density at radius 1 is 0.450 bits per heavy atom. The number of hydrogen-bond acceptors (Lipinski definition) is 0. The maximum atomic E-state index is 2.90. The highest BCUT2D eigenvalue weighted by Crippen LogP contribution is 2.52. The number of fused-ring (bicyclic) bond motifs is 2. The second-order valence-electron chi connectivity index (χ2n) is 8.45. The molecular formula is C20H33. The van der Waals surface area contributed by atoms with Crippen molar-refractivity contribution in [3.63, 3.8) is 0 Å². The summed E-state index contributed by atoms with van der Waals surface area (Å²) in [5.74, 6) is 6.47. The van der Waals surface area contributed by atoms with Gasteiger partial charge in [-0.05, 0) is 74.0 Å². The molecule has 1 radical (unpaired) electrons. The molecule has 113 valence electrons. The highest BCUT2D eigenvalue weighted by atomic mass is 14.5. The van der Waals surface area contributed by atoms with Gasteiger partial charge in [0.05, 0.1) is 0 Å². The summed E-state index contributed by atoms with van der Waals surface area (Å²) in [5, 5.41) is 0. The summed E-state index contributed by atoms with van der Waals surface area (Å²) < 4.78 is 0. The van der Waals surface area contributed by atoms with Crippen LogP contribution in [0, 0.1) is 41.9 Å². The molecule has 0 aromatic heterocycles. The minimum atomic E-state index is 1.01. The first kappa shape index (κ1) is 13.6. The Morgan fingerprint density at radius 3 is 2.10 bits per heavy atom. The summed E-state index contributed by atoms with van der Waals surface area (Å²) in [6.07, 6.45) is 23.0. The topological polar surface area (TPSA) is 0 Å². The van der Waals surface area contributed by atoms with Crippen LogP contribution < -0.4 is 0 Å². The third kappa shape index (κ3) is 2.57. The van der Waals surface area contributed by atoms with E-state index in [4.69, 9.17) is 0 Å².